The van der Waals surface area contributed by atoms with Crippen LogP contribution in [0.25, 0.3) is 0 Å². The van der Waals surface area contributed by atoms with E-state index in [2.05, 4.69) is 37.2 Å². The van der Waals surface area contributed by atoms with Crippen LogP contribution in [0.5, 0.6) is 5.75 Å². The predicted molar refractivity (Wildman–Crippen MR) is 235 cm³/mol. The molecule has 0 unspecified atom stereocenters. The maximum Gasteiger partial charge on any atom is 0.322 e. The molecule has 0 bridgehead atoms. The van der Waals surface area contributed by atoms with Gasteiger partial charge in [0.05, 0.1) is 18.2 Å². The van der Waals surface area contributed by atoms with E-state index in [9.17, 15) is 53.7 Å². The van der Waals surface area contributed by atoms with Crippen molar-refractivity contribution < 1.29 is 58.8 Å². The fourth-order valence-corrected chi connectivity index (χ4v) is 6.24. The molecule has 0 aliphatic carbocycles. The van der Waals surface area contributed by atoms with Gasteiger partial charge in [0.25, 0.3) is 0 Å². The molecule has 10 atom stereocenters. The first-order valence-electron chi connectivity index (χ1n) is 21.7. The summed E-state index contributed by atoms with van der Waals surface area (Å²) in [6.45, 7) is 9.12. The number of amides is 7. The van der Waals surface area contributed by atoms with Crippen molar-refractivity contribution in [1.82, 2.24) is 37.2 Å². The Bertz CT molecular complexity index is 1680. The Kier molecular flexibility index (Phi) is 25.7. The molecule has 64 heavy (non-hydrogen) atoms. The summed E-state index contributed by atoms with van der Waals surface area (Å²) in [5.74, 6) is -8.26. The van der Waals surface area contributed by atoms with E-state index in [-0.39, 0.29) is 44.0 Å². The summed E-state index contributed by atoms with van der Waals surface area (Å²) in [5.41, 5.74) is 17.7. The fourth-order valence-electron chi connectivity index (χ4n) is 6.24. The van der Waals surface area contributed by atoms with Crippen molar-refractivity contribution in [2.75, 3.05) is 19.6 Å². The Hall–Kier alpha value is -5.42. The largest absolute Gasteiger partial charge is 0.508 e. The smallest absolute Gasteiger partial charge is 0.322 e. The molecule has 0 aliphatic rings. The number of nitrogens with one attached hydrogen (secondary N) is 7. The molecule has 0 saturated heterocycles. The maximum absolute atomic E-state index is 14.3. The molecule has 22 heteroatoms. The molecule has 0 aromatic heterocycles. The number of hydrogen-bond acceptors (Lipinski definition) is 14. The number of aliphatic carboxylic acids is 1. The second-order valence-electron chi connectivity index (χ2n) is 16.3. The molecule has 1 aromatic rings. The number of aliphatic hydroxyl groups is 2. The zero-order valence-electron chi connectivity index (χ0n) is 37.7. The zero-order valence-corrected chi connectivity index (χ0v) is 37.7. The monoisotopic (exact) mass is 909 g/mol. The van der Waals surface area contributed by atoms with E-state index >= 15 is 0 Å². The van der Waals surface area contributed by atoms with Gasteiger partial charge in [0.1, 0.15) is 48.5 Å². The SMILES string of the molecule is CC[C@H](C)[C@H](NC(=O)[C@H](Cc1ccc(O)cc1)NC(=O)[C@H](CCCCN)NC(=O)[C@@H](NC(=O)[C@@H](N)C(C)C)[C@@H](C)O)C(=O)N[C@H](C(=O)N[C@@H](CCCCN)C(=O)NCC(=O)O)[C@@H](C)O. The van der Waals surface area contributed by atoms with E-state index in [4.69, 9.17) is 22.3 Å². The number of aromatic hydroxyl groups is 1. The fraction of sp³-hybridized carbons (Fsp3) is 0.667. The van der Waals surface area contributed by atoms with Crippen LogP contribution in [0.15, 0.2) is 24.3 Å². The molecule has 362 valence electrons. The number of carbonyl (C=O) groups excluding carboxylic acids is 7. The highest BCUT2D eigenvalue weighted by Gasteiger charge is 2.37. The van der Waals surface area contributed by atoms with Crippen LogP contribution in [0.2, 0.25) is 0 Å². The molecule has 1 aromatic carbocycles. The van der Waals surface area contributed by atoms with Gasteiger partial charge >= 0.3 is 5.97 Å². The molecule has 0 saturated carbocycles. The average Bonchev–Trinajstić information content (AvgIpc) is 3.24. The van der Waals surface area contributed by atoms with Crippen molar-refractivity contribution in [1.29, 1.82) is 0 Å². The first-order valence-corrected chi connectivity index (χ1v) is 21.7. The van der Waals surface area contributed by atoms with Gasteiger partial charge < -0.3 is 74.8 Å². The number of carbonyl (C=O) groups is 8. The third-order valence-electron chi connectivity index (χ3n) is 10.5. The minimum absolute atomic E-state index is 0.0318. The summed E-state index contributed by atoms with van der Waals surface area (Å²) in [6, 6.07) is -3.73. The summed E-state index contributed by atoms with van der Waals surface area (Å²) in [6.07, 6.45) is -1.00. The van der Waals surface area contributed by atoms with Gasteiger partial charge in [-0.2, -0.15) is 0 Å². The highest BCUT2D eigenvalue weighted by atomic mass is 16.4. The van der Waals surface area contributed by atoms with Gasteiger partial charge in [-0.25, -0.2) is 0 Å². The van der Waals surface area contributed by atoms with Gasteiger partial charge in [0, 0.05) is 6.42 Å². The minimum Gasteiger partial charge on any atom is -0.508 e. The predicted octanol–water partition coefficient (Wildman–Crippen LogP) is -2.91. The summed E-state index contributed by atoms with van der Waals surface area (Å²) in [7, 11) is 0. The lowest BCUT2D eigenvalue weighted by Crippen LogP contribution is -2.63. The molecule has 22 nitrogen and oxygen atoms in total. The summed E-state index contributed by atoms with van der Waals surface area (Å²) in [5, 5.41) is 57.5. The second kappa shape index (κ2) is 29.1. The van der Waals surface area contributed by atoms with E-state index < -0.39 is 114 Å². The Labute approximate surface area is 374 Å². The molecule has 0 fully saturated rings. The van der Waals surface area contributed by atoms with Crippen molar-refractivity contribution in [3.63, 3.8) is 0 Å². The van der Waals surface area contributed by atoms with Crippen LogP contribution in [0, 0.1) is 11.8 Å². The molecule has 0 aliphatic heterocycles. The number of hydrogen-bond donors (Lipinski definition) is 14. The normalized spacial score (nSPS) is 15.9. The van der Waals surface area contributed by atoms with Crippen molar-refractivity contribution in [3.05, 3.63) is 29.8 Å². The number of phenolic OH excluding ortho intramolecular Hbond substituents is 1. The Morgan fingerprint density at radius 2 is 1.00 bits per heavy atom. The Balaban J connectivity index is 3.51. The van der Waals surface area contributed by atoms with Gasteiger partial charge in [-0.15, -0.1) is 0 Å². The van der Waals surface area contributed by atoms with Gasteiger partial charge in [-0.3, -0.25) is 38.4 Å². The van der Waals surface area contributed by atoms with E-state index in [1.54, 1.807) is 27.7 Å². The lowest BCUT2D eigenvalue weighted by atomic mass is 9.96. The number of carboxylic acids is 1. The number of phenols is 1. The van der Waals surface area contributed by atoms with Gasteiger partial charge in [0.2, 0.25) is 41.4 Å². The summed E-state index contributed by atoms with van der Waals surface area (Å²) < 4.78 is 0. The number of carboxylic acid groups (broad SMARTS) is 1. The van der Waals surface area contributed by atoms with Crippen LogP contribution >= 0.6 is 0 Å². The second-order valence-corrected chi connectivity index (χ2v) is 16.3. The number of unbranched alkanes of at least 4 members (excludes halogenated alkanes) is 2. The van der Waals surface area contributed by atoms with Crippen LogP contribution in [-0.4, -0.2) is 142 Å². The van der Waals surface area contributed by atoms with Crippen molar-refractivity contribution in [3.8, 4) is 5.75 Å². The first-order chi connectivity index (χ1) is 30.1. The van der Waals surface area contributed by atoms with Gasteiger partial charge in [-0.05, 0) is 95.0 Å². The van der Waals surface area contributed by atoms with Gasteiger partial charge in [-0.1, -0.05) is 46.2 Å². The number of aliphatic hydroxyl groups excluding tert-OH is 2. The Morgan fingerprint density at radius 1 is 0.578 bits per heavy atom. The van der Waals surface area contributed by atoms with Crippen LogP contribution in [0.3, 0.4) is 0 Å². The molecule has 7 amide bonds. The molecular formula is C42H72N10O12. The highest BCUT2D eigenvalue weighted by molar-refractivity contribution is 5.98. The number of rotatable bonds is 30. The zero-order chi connectivity index (χ0) is 48.7. The lowest BCUT2D eigenvalue weighted by Gasteiger charge is -2.30. The molecule has 17 N–H and O–H groups in total. The van der Waals surface area contributed by atoms with Gasteiger partial charge in [0.15, 0.2) is 0 Å². The summed E-state index contributed by atoms with van der Waals surface area (Å²) in [4.78, 5) is 106. The highest BCUT2D eigenvalue weighted by Crippen LogP contribution is 2.15. The van der Waals surface area contributed by atoms with Crippen LogP contribution < -0.4 is 54.4 Å². The summed E-state index contributed by atoms with van der Waals surface area (Å²) >= 11 is 0. The van der Waals surface area contributed by atoms with Crippen LogP contribution in [-0.2, 0) is 44.8 Å². The minimum atomic E-state index is -1.65. The third kappa shape index (κ3) is 20.0. The number of benzene rings is 1. The molecule has 0 radical (unpaired) electrons. The maximum atomic E-state index is 14.3. The quantitative estimate of drug-likeness (QED) is 0.0344. The molecule has 1 rings (SSSR count). The topological polar surface area (TPSA) is 380 Å². The van der Waals surface area contributed by atoms with Crippen LogP contribution in [0.4, 0.5) is 0 Å². The average molecular weight is 909 g/mol. The lowest BCUT2D eigenvalue weighted by molar-refractivity contribution is -0.139. The first kappa shape index (κ1) is 56.6. The molecule has 0 heterocycles. The third-order valence-corrected chi connectivity index (χ3v) is 10.5. The van der Waals surface area contributed by atoms with Crippen LogP contribution in [0.1, 0.15) is 92.1 Å². The van der Waals surface area contributed by atoms with E-state index in [1.165, 1.54) is 38.1 Å². The van der Waals surface area contributed by atoms with E-state index in [0.717, 1.165) is 0 Å². The Morgan fingerprint density at radius 3 is 1.44 bits per heavy atom. The van der Waals surface area contributed by atoms with Crippen molar-refractivity contribution in [2.24, 2.45) is 29.0 Å². The standard InChI is InChI=1S/C42H72N10O12/c1-7-23(4)33(40(62)52-35(25(6)54)42(64)47-28(12-8-10-18-43)36(58)46-21-31(56)57)50-38(60)30(20-26-14-16-27(55)17-15-26)49-37(59)29(13-9-11-19-44)48-41(63)34(24(5)53)51-39(61)32(45)22(2)3/h14-17,22-25,28-30,32-35,53-55H,7-13,18-21,43-45H2,1-6H3,(H,46,58)(H,47,64)(H,48,63)(H,49,59)(H,50,60)(H,51,61)(H,52,62)(H,56,57)/t23-,24+,25+,28-,29-,30-,32-,33-,34-,35-/m0/s1. The van der Waals surface area contributed by atoms with Crippen molar-refractivity contribution in [2.45, 2.75) is 147 Å². The number of nitrogens with two attached hydrogens (primary N) is 3. The molecular weight excluding hydrogens is 837 g/mol. The van der Waals surface area contributed by atoms with E-state index in [0.29, 0.717) is 37.7 Å². The van der Waals surface area contributed by atoms with E-state index in [1.807, 2.05) is 0 Å². The van der Waals surface area contributed by atoms with Crippen molar-refractivity contribution >= 4 is 47.3 Å². The molecule has 0 spiro atoms.